The number of hydrogen-bond acceptors (Lipinski definition) is 3. The minimum Gasteiger partial charge on any atom is -0.481 e. The van der Waals surface area contributed by atoms with E-state index < -0.39 is 5.97 Å². The van der Waals surface area contributed by atoms with Crippen LogP contribution in [-0.4, -0.2) is 78.1 Å². The van der Waals surface area contributed by atoms with Crippen LogP contribution in [0.5, 0.6) is 0 Å². The van der Waals surface area contributed by atoms with Gasteiger partial charge in [0.1, 0.15) is 0 Å². The Morgan fingerprint density at radius 2 is 1.67 bits per heavy atom. The molecule has 2 aliphatic heterocycles. The van der Waals surface area contributed by atoms with Crippen molar-refractivity contribution in [3.8, 4) is 0 Å². The number of nitrogens with zero attached hydrogens (tertiary/aromatic N) is 3. The second-order valence-electron chi connectivity index (χ2n) is 5.64. The number of carboxylic acid groups (broad SMARTS) is 1. The van der Waals surface area contributed by atoms with E-state index >= 15 is 0 Å². The van der Waals surface area contributed by atoms with Gasteiger partial charge in [-0.05, 0) is 20.0 Å². The maximum absolute atomic E-state index is 12.1. The summed E-state index contributed by atoms with van der Waals surface area (Å²) in [5.74, 6) is -0.723. The summed E-state index contributed by atoms with van der Waals surface area (Å²) in [6.45, 7) is 4.35. The van der Waals surface area contributed by atoms with Crippen molar-refractivity contribution in [2.75, 3.05) is 40.3 Å². The molecule has 2 fully saturated rings. The molecule has 1 N–H and O–H groups in total. The Morgan fingerprint density at radius 1 is 1.11 bits per heavy atom. The molecule has 0 aliphatic carbocycles. The van der Waals surface area contributed by atoms with Gasteiger partial charge in [0.05, 0.1) is 5.92 Å². The van der Waals surface area contributed by atoms with Gasteiger partial charge in [0.2, 0.25) is 0 Å². The number of rotatable bonds is 2. The molecule has 2 unspecified atom stereocenters. The van der Waals surface area contributed by atoms with Gasteiger partial charge in [-0.25, -0.2) is 4.79 Å². The molecule has 2 atom stereocenters. The Hall–Kier alpha value is -1.30. The molecule has 0 bridgehead atoms. The van der Waals surface area contributed by atoms with Gasteiger partial charge in [0.15, 0.2) is 0 Å². The Bertz CT molecular complexity index is 352. The molecule has 2 saturated heterocycles. The van der Waals surface area contributed by atoms with Crippen molar-refractivity contribution in [1.29, 1.82) is 0 Å². The normalized spacial score (nSPS) is 28.7. The average Bonchev–Trinajstić information content (AvgIpc) is 2.57. The zero-order valence-electron chi connectivity index (χ0n) is 11.2. The molecular weight excluding hydrogens is 234 g/mol. The minimum atomic E-state index is -0.806. The molecule has 0 spiro atoms. The first-order valence-corrected chi connectivity index (χ1v) is 6.33. The third kappa shape index (κ3) is 2.29. The number of likely N-dealkylation sites (tertiary alicyclic amines) is 2. The van der Waals surface area contributed by atoms with Gasteiger partial charge in [-0.2, -0.15) is 0 Å². The van der Waals surface area contributed by atoms with Crippen molar-refractivity contribution in [3.63, 3.8) is 0 Å². The maximum Gasteiger partial charge on any atom is 0.320 e. The second-order valence-corrected chi connectivity index (χ2v) is 5.64. The fraction of sp³-hybridized carbons (Fsp3) is 0.833. The lowest BCUT2D eigenvalue weighted by molar-refractivity contribution is -0.146. The van der Waals surface area contributed by atoms with Crippen molar-refractivity contribution < 1.29 is 14.7 Å². The van der Waals surface area contributed by atoms with Crippen molar-refractivity contribution in [3.05, 3.63) is 0 Å². The fourth-order valence-corrected chi connectivity index (χ4v) is 2.77. The van der Waals surface area contributed by atoms with Gasteiger partial charge in [-0.15, -0.1) is 0 Å². The quantitative estimate of drug-likeness (QED) is 0.754. The number of aliphatic carboxylic acids is 1. The first-order chi connectivity index (χ1) is 8.40. The number of amides is 2. The van der Waals surface area contributed by atoms with E-state index in [-0.39, 0.29) is 11.9 Å². The SMILES string of the molecule is CC1CN(C(=O)N2CC(C(=O)O)C2)CC1N(C)C. The van der Waals surface area contributed by atoms with E-state index in [2.05, 4.69) is 11.8 Å². The van der Waals surface area contributed by atoms with Gasteiger partial charge < -0.3 is 19.8 Å². The van der Waals surface area contributed by atoms with Crippen LogP contribution in [0.4, 0.5) is 4.79 Å². The monoisotopic (exact) mass is 255 g/mol. The van der Waals surface area contributed by atoms with Crippen molar-refractivity contribution >= 4 is 12.0 Å². The summed E-state index contributed by atoms with van der Waals surface area (Å²) in [7, 11) is 4.05. The van der Waals surface area contributed by atoms with Crippen LogP contribution < -0.4 is 0 Å². The molecule has 0 radical (unpaired) electrons. The van der Waals surface area contributed by atoms with Gasteiger partial charge in [0, 0.05) is 32.2 Å². The summed E-state index contributed by atoms with van der Waals surface area (Å²) in [5, 5.41) is 8.80. The topological polar surface area (TPSA) is 64.1 Å². The lowest BCUT2D eigenvalue weighted by atomic mass is 10.0. The van der Waals surface area contributed by atoms with Crippen LogP contribution in [0, 0.1) is 11.8 Å². The van der Waals surface area contributed by atoms with Crippen LogP contribution in [0.15, 0.2) is 0 Å². The summed E-state index contributed by atoms with van der Waals surface area (Å²) in [4.78, 5) is 28.5. The molecule has 0 saturated carbocycles. The number of hydrogen-bond donors (Lipinski definition) is 1. The third-order valence-electron chi connectivity index (χ3n) is 4.01. The predicted molar refractivity (Wildman–Crippen MR) is 66.3 cm³/mol. The summed E-state index contributed by atoms with van der Waals surface area (Å²) < 4.78 is 0. The van der Waals surface area contributed by atoms with Crippen molar-refractivity contribution in [1.82, 2.24) is 14.7 Å². The lowest BCUT2D eigenvalue weighted by Crippen LogP contribution is -2.56. The minimum absolute atomic E-state index is 0.0105. The lowest BCUT2D eigenvalue weighted by Gasteiger charge is -2.39. The van der Waals surface area contributed by atoms with E-state index in [1.54, 1.807) is 4.90 Å². The standard InChI is InChI=1S/C12H21N3O3/c1-8-4-14(7-10(8)13(2)3)12(18)15-5-9(6-15)11(16)17/h8-10H,4-7H2,1-3H3,(H,16,17). The Labute approximate surface area is 107 Å². The predicted octanol–water partition coefficient (Wildman–Crippen LogP) is 0.00470. The number of carbonyl (C=O) groups is 2. The molecule has 0 aromatic carbocycles. The number of likely N-dealkylation sites (N-methyl/N-ethyl adjacent to an activating group) is 1. The Balaban J connectivity index is 1.87. The van der Waals surface area contributed by atoms with Crippen LogP contribution in [-0.2, 0) is 4.79 Å². The first kappa shape index (κ1) is 13.1. The summed E-state index contributed by atoms with van der Waals surface area (Å²) in [5.41, 5.74) is 0. The van der Waals surface area contributed by atoms with Gasteiger partial charge in [-0.3, -0.25) is 4.79 Å². The van der Waals surface area contributed by atoms with Crippen LogP contribution in [0.1, 0.15) is 6.92 Å². The van der Waals surface area contributed by atoms with Crippen LogP contribution in [0.2, 0.25) is 0 Å². The van der Waals surface area contributed by atoms with E-state index in [0.717, 1.165) is 13.1 Å². The molecule has 0 aromatic heterocycles. The van der Waals surface area contributed by atoms with E-state index in [1.807, 2.05) is 19.0 Å². The van der Waals surface area contributed by atoms with Gasteiger partial charge in [0.25, 0.3) is 0 Å². The van der Waals surface area contributed by atoms with E-state index in [9.17, 15) is 9.59 Å². The maximum atomic E-state index is 12.1. The Morgan fingerprint density at radius 3 is 2.11 bits per heavy atom. The van der Waals surface area contributed by atoms with Gasteiger partial charge in [-0.1, -0.05) is 6.92 Å². The highest BCUT2D eigenvalue weighted by Crippen LogP contribution is 2.24. The molecule has 2 heterocycles. The molecule has 18 heavy (non-hydrogen) atoms. The molecule has 2 amide bonds. The summed E-state index contributed by atoms with van der Waals surface area (Å²) >= 11 is 0. The third-order valence-corrected chi connectivity index (χ3v) is 4.01. The van der Waals surface area contributed by atoms with E-state index in [4.69, 9.17) is 5.11 Å². The zero-order valence-corrected chi connectivity index (χ0v) is 11.2. The number of carboxylic acids is 1. The van der Waals surface area contributed by atoms with Crippen LogP contribution in [0.3, 0.4) is 0 Å². The van der Waals surface area contributed by atoms with E-state index in [0.29, 0.717) is 25.0 Å². The van der Waals surface area contributed by atoms with E-state index in [1.165, 1.54) is 0 Å². The van der Waals surface area contributed by atoms with Crippen molar-refractivity contribution in [2.45, 2.75) is 13.0 Å². The smallest absolute Gasteiger partial charge is 0.320 e. The van der Waals surface area contributed by atoms with Crippen LogP contribution >= 0.6 is 0 Å². The first-order valence-electron chi connectivity index (χ1n) is 6.33. The van der Waals surface area contributed by atoms with Gasteiger partial charge >= 0.3 is 12.0 Å². The fourth-order valence-electron chi connectivity index (χ4n) is 2.77. The molecule has 0 aromatic rings. The number of urea groups is 1. The largest absolute Gasteiger partial charge is 0.481 e. The molecule has 102 valence electrons. The average molecular weight is 255 g/mol. The number of carbonyl (C=O) groups excluding carboxylic acids is 1. The summed E-state index contributed by atoms with van der Waals surface area (Å²) in [6, 6.07) is 0.384. The molecule has 6 heteroatoms. The molecule has 6 nitrogen and oxygen atoms in total. The molecule has 2 aliphatic rings. The second kappa shape index (κ2) is 4.76. The van der Waals surface area contributed by atoms with Crippen molar-refractivity contribution in [2.24, 2.45) is 11.8 Å². The molecular formula is C12H21N3O3. The highest BCUT2D eigenvalue weighted by atomic mass is 16.4. The highest BCUT2D eigenvalue weighted by Gasteiger charge is 2.41. The summed E-state index contributed by atoms with van der Waals surface area (Å²) in [6.07, 6.45) is 0. The molecule has 2 rings (SSSR count). The zero-order chi connectivity index (χ0) is 13.4. The Kier molecular flexibility index (Phi) is 3.47. The highest BCUT2D eigenvalue weighted by molar-refractivity contribution is 5.80. The van der Waals surface area contributed by atoms with Crippen LogP contribution in [0.25, 0.3) is 0 Å².